The van der Waals surface area contributed by atoms with Gasteiger partial charge in [0.15, 0.2) is 17.5 Å². The van der Waals surface area contributed by atoms with E-state index in [1.807, 2.05) is 18.2 Å². The molecule has 6 heteroatoms. The molecule has 2 rings (SSSR count). The number of aliphatic imine (C=N–C) groups is 1. The molecule has 23 heavy (non-hydrogen) atoms. The van der Waals surface area contributed by atoms with Crippen LogP contribution in [0.25, 0.3) is 0 Å². The fourth-order valence-electron chi connectivity index (χ4n) is 2.98. The van der Waals surface area contributed by atoms with Crippen molar-refractivity contribution in [2.75, 3.05) is 26.1 Å². The SMILES string of the molecule is COc1ccc(NC(N)=NCC2CCCCC2C)cc1OC.I. The summed E-state index contributed by atoms with van der Waals surface area (Å²) < 4.78 is 10.5. The lowest BCUT2D eigenvalue weighted by molar-refractivity contribution is 0.264. The Bertz CT molecular complexity index is 523. The second kappa shape index (κ2) is 9.85. The lowest BCUT2D eigenvalue weighted by atomic mass is 9.80. The molecule has 0 saturated heterocycles. The van der Waals surface area contributed by atoms with Gasteiger partial charge >= 0.3 is 0 Å². The third-order valence-corrected chi connectivity index (χ3v) is 4.44. The Morgan fingerprint density at radius 2 is 1.91 bits per heavy atom. The molecule has 1 aliphatic rings. The van der Waals surface area contributed by atoms with Crippen LogP contribution in [0.5, 0.6) is 11.5 Å². The zero-order valence-corrected chi connectivity index (χ0v) is 16.5. The van der Waals surface area contributed by atoms with Crippen LogP contribution in [0.2, 0.25) is 0 Å². The van der Waals surface area contributed by atoms with E-state index >= 15 is 0 Å². The quantitative estimate of drug-likeness (QED) is 0.420. The van der Waals surface area contributed by atoms with Crippen molar-refractivity contribution in [2.24, 2.45) is 22.6 Å². The second-order valence-electron chi connectivity index (χ2n) is 5.94. The number of nitrogens with one attached hydrogen (secondary N) is 1. The molecular formula is C17H28IN3O2. The maximum absolute atomic E-state index is 6.00. The molecule has 0 spiro atoms. The molecular weight excluding hydrogens is 405 g/mol. The molecule has 1 fully saturated rings. The van der Waals surface area contributed by atoms with Crippen molar-refractivity contribution in [2.45, 2.75) is 32.6 Å². The average molecular weight is 433 g/mol. The zero-order valence-electron chi connectivity index (χ0n) is 14.2. The molecule has 0 amide bonds. The molecule has 1 aromatic rings. The minimum Gasteiger partial charge on any atom is -0.493 e. The number of benzene rings is 1. The molecule has 0 aliphatic heterocycles. The summed E-state index contributed by atoms with van der Waals surface area (Å²) in [6, 6.07) is 5.59. The highest BCUT2D eigenvalue weighted by molar-refractivity contribution is 14.0. The Morgan fingerprint density at radius 3 is 2.57 bits per heavy atom. The Hall–Kier alpha value is -1.18. The lowest BCUT2D eigenvalue weighted by Crippen LogP contribution is -2.26. The molecule has 2 atom stereocenters. The van der Waals surface area contributed by atoms with Gasteiger partial charge in [-0.25, -0.2) is 0 Å². The van der Waals surface area contributed by atoms with Crippen molar-refractivity contribution in [1.82, 2.24) is 0 Å². The Labute approximate surface area is 156 Å². The molecule has 0 aromatic heterocycles. The molecule has 1 saturated carbocycles. The number of guanidine groups is 1. The van der Waals surface area contributed by atoms with E-state index in [1.54, 1.807) is 14.2 Å². The molecule has 1 aromatic carbocycles. The third-order valence-electron chi connectivity index (χ3n) is 4.44. The summed E-state index contributed by atoms with van der Waals surface area (Å²) >= 11 is 0. The molecule has 0 bridgehead atoms. The summed E-state index contributed by atoms with van der Waals surface area (Å²) in [7, 11) is 3.23. The van der Waals surface area contributed by atoms with Crippen LogP contribution in [0.1, 0.15) is 32.6 Å². The van der Waals surface area contributed by atoms with E-state index in [4.69, 9.17) is 15.2 Å². The van der Waals surface area contributed by atoms with Crippen molar-refractivity contribution in [3.05, 3.63) is 18.2 Å². The van der Waals surface area contributed by atoms with Gasteiger partial charge in [0.25, 0.3) is 0 Å². The van der Waals surface area contributed by atoms with Crippen LogP contribution in [0.15, 0.2) is 23.2 Å². The molecule has 2 unspecified atom stereocenters. The van der Waals surface area contributed by atoms with E-state index in [9.17, 15) is 0 Å². The summed E-state index contributed by atoms with van der Waals surface area (Å²) in [5, 5.41) is 3.11. The summed E-state index contributed by atoms with van der Waals surface area (Å²) in [5.74, 6) is 3.21. The first-order valence-electron chi connectivity index (χ1n) is 7.93. The number of anilines is 1. The number of hydrogen-bond donors (Lipinski definition) is 2. The highest BCUT2D eigenvalue weighted by Gasteiger charge is 2.20. The number of ether oxygens (including phenoxy) is 2. The fraction of sp³-hybridized carbons (Fsp3) is 0.588. The van der Waals surface area contributed by atoms with E-state index in [0.29, 0.717) is 23.4 Å². The van der Waals surface area contributed by atoms with Gasteiger partial charge in [0.2, 0.25) is 0 Å². The molecule has 1 aliphatic carbocycles. The number of hydrogen-bond acceptors (Lipinski definition) is 3. The van der Waals surface area contributed by atoms with Crippen molar-refractivity contribution >= 4 is 35.6 Å². The topological polar surface area (TPSA) is 68.9 Å². The lowest BCUT2D eigenvalue weighted by Gasteiger charge is -2.27. The van der Waals surface area contributed by atoms with Crippen LogP contribution in [0.4, 0.5) is 5.69 Å². The van der Waals surface area contributed by atoms with E-state index in [1.165, 1.54) is 25.7 Å². The highest BCUT2D eigenvalue weighted by atomic mass is 127. The van der Waals surface area contributed by atoms with Gasteiger partial charge in [0, 0.05) is 18.3 Å². The molecule has 5 nitrogen and oxygen atoms in total. The number of methoxy groups -OCH3 is 2. The highest BCUT2D eigenvalue weighted by Crippen LogP contribution is 2.30. The third kappa shape index (κ3) is 5.75. The Kier molecular flexibility index (Phi) is 8.51. The number of nitrogens with zero attached hydrogens (tertiary/aromatic N) is 1. The van der Waals surface area contributed by atoms with Crippen molar-refractivity contribution in [3.63, 3.8) is 0 Å². The summed E-state index contributed by atoms with van der Waals surface area (Å²) in [4.78, 5) is 4.50. The maximum Gasteiger partial charge on any atom is 0.193 e. The molecule has 3 N–H and O–H groups in total. The predicted molar refractivity (Wildman–Crippen MR) is 106 cm³/mol. The first-order chi connectivity index (χ1) is 10.6. The van der Waals surface area contributed by atoms with Crippen molar-refractivity contribution in [1.29, 1.82) is 0 Å². The van der Waals surface area contributed by atoms with Crippen LogP contribution in [0.3, 0.4) is 0 Å². The van der Waals surface area contributed by atoms with Crippen LogP contribution >= 0.6 is 24.0 Å². The van der Waals surface area contributed by atoms with Crippen molar-refractivity contribution in [3.8, 4) is 11.5 Å². The van der Waals surface area contributed by atoms with Gasteiger partial charge in [-0.1, -0.05) is 26.2 Å². The van der Waals surface area contributed by atoms with Crippen LogP contribution in [-0.4, -0.2) is 26.7 Å². The summed E-state index contributed by atoms with van der Waals surface area (Å²) in [6.45, 7) is 3.12. The Balaban J connectivity index is 0.00000264. The van der Waals surface area contributed by atoms with E-state index in [-0.39, 0.29) is 24.0 Å². The van der Waals surface area contributed by atoms with Crippen LogP contribution < -0.4 is 20.5 Å². The standard InChI is InChI=1S/C17H27N3O2.HI/c1-12-6-4-5-7-13(12)11-19-17(18)20-14-8-9-15(21-2)16(10-14)22-3;/h8-10,12-13H,4-7,11H2,1-3H3,(H3,18,19,20);1H. The maximum atomic E-state index is 6.00. The number of halogens is 1. The smallest absolute Gasteiger partial charge is 0.193 e. The van der Waals surface area contributed by atoms with Gasteiger partial charge in [-0.15, -0.1) is 24.0 Å². The number of nitrogens with two attached hydrogens (primary N) is 1. The first-order valence-corrected chi connectivity index (χ1v) is 7.93. The predicted octanol–water partition coefficient (Wildman–Crippen LogP) is 3.87. The number of rotatable bonds is 5. The van der Waals surface area contributed by atoms with Gasteiger partial charge in [-0.2, -0.15) is 0 Å². The first kappa shape index (κ1) is 19.9. The monoisotopic (exact) mass is 433 g/mol. The largest absolute Gasteiger partial charge is 0.493 e. The Morgan fingerprint density at radius 1 is 1.22 bits per heavy atom. The van der Waals surface area contributed by atoms with E-state index < -0.39 is 0 Å². The molecule has 0 radical (unpaired) electrons. The van der Waals surface area contributed by atoms with Gasteiger partial charge in [0.1, 0.15) is 0 Å². The van der Waals surface area contributed by atoms with Crippen LogP contribution in [-0.2, 0) is 0 Å². The second-order valence-corrected chi connectivity index (χ2v) is 5.94. The minimum absolute atomic E-state index is 0. The van der Waals surface area contributed by atoms with Crippen LogP contribution in [0, 0.1) is 11.8 Å². The van der Waals surface area contributed by atoms with E-state index in [2.05, 4.69) is 17.2 Å². The summed E-state index contributed by atoms with van der Waals surface area (Å²) in [6.07, 6.45) is 5.23. The van der Waals surface area contributed by atoms with E-state index in [0.717, 1.165) is 18.2 Å². The molecule has 0 heterocycles. The van der Waals surface area contributed by atoms with Crippen molar-refractivity contribution < 1.29 is 9.47 Å². The minimum atomic E-state index is 0. The van der Waals surface area contributed by atoms with Gasteiger partial charge in [0.05, 0.1) is 14.2 Å². The molecule has 130 valence electrons. The fourth-order valence-corrected chi connectivity index (χ4v) is 2.98. The van der Waals surface area contributed by atoms with Gasteiger partial charge in [-0.05, 0) is 30.4 Å². The average Bonchev–Trinajstić information content (AvgIpc) is 2.54. The van der Waals surface area contributed by atoms with Gasteiger partial charge < -0.3 is 20.5 Å². The summed E-state index contributed by atoms with van der Waals surface area (Å²) in [5.41, 5.74) is 6.84. The normalized spacial score (nSPS) is 21.3. The van der Waals surface area contributed by atoms with Gasteiger partial charge in [-0.3, -0.25) is 4.99 Å². The zero-order chi connectivity index (χ0) is 15.9.